The van der Waals surface area contributed by atoms with Crippen molar-refractivity contribution >= 4 is 27.5 Å². The molecule has 4 aliphatic rings. The van der Waals surface area contributed by atoms with Gasteiger partial charge in [0.2, 0.25) is 5.91 Å². The van der Waals surface area contributed by atoms with Crippen LogP contribution < -0.4 is 11.5 Å². The van der Waals surface area contributed by atoms with E-state index in [9.17, 15) is 4.79 Å². The molecular weight excluding hydrogens is 675 g/mol. The second-order valence-corrected chi connectivity index (χ2v) is 23.4. The predicted octanol–water partition coefficient (Wildman–Crippen LogP) is 12.6. The van der Waals surface area contributed by atoms with Crippen LogP contribution in [0.25, 0.3) is 0 Å². The smallest absolute Gasteiger partial charge is 0.223 e. The molecule has 3 fully saturated rings. The summed E-state index contributed by atoms with van der Waals surface area (Å²) in [6.07, 6.45) is 28.2. The van der Waals surface area contributed by atoms with Gasteiger partial charge in [0.25, 0.3) is 0 Å². The van der Waals surface area contributed by atoms with E-state index in [-0.39, 0.29) is 11.1 Å². The lowest BCUT2D eigenvalue weighted by molar-refractivity contribution is -0.131. The van der Waals surface area contributed by atoms with Crippen LogP contribution in [0.4, 0.5) is 0 Å². The van der Waals surface area contributed by atoms with Gasteiger partial charge in [0, 0.05) is 41.6 Å². The summed E-state index contributed by atoms with van der Waals surface area (Å²) in [4.78, 5) is 15.5. The number of amides is 1. The molecule has 0 radical (unpaired) electrons. The highest BCUT2D eigenvalue weighted by atomic mass is 33.1. The lowest BCUT2D eigenvalue weighted by Crippen LogP contribution is -2.50. The number of fused-ring (bicyclic) bond motifs is 5. The third-order valence-electron chi connectivity index (χ3n) is 15.1. The van der Waals surface area contributed by atoms with E-state index in [1.807, 2.05) is 10.8 Å². The van der Waals surface area contributed by atoms with Crippen molar-refractivity contribution in [2.75, 3.05) is 18.8 Å². The fourth-order valence-electron chi connectivity index (χ4n) is 11.6. The minimum Gasteiger partial charge on any atom is -0.343 e. The van der Waals surface area contributed by atoms with Crippen molar-refractivity contribution in [2.45, 2.75) is 207 Å². The summed E-state index contributed by atoms with van der Waals surface area (Å²) in [5, 5.41) is 0.692. The third kappa shape index (κ3) is 12.4. The number of nitrogens with two attached hydrogens (primary N) is 2. The van der Waals surface area contributed by atoms with Crippen molar-refractivity contribution in [3.05, 3.63) is 11.6 Å². The van der Waals surface area contributed by atoms with Crippen molar-refractivity contribution in [3.8, 4) is 0 Å². The third-order valence-corrected chi connectivity index (χ3v) is 18.0. The van der Waals surface area contributed by atoms with Crippen LogP contribution in [0.15, 0.2) is 11.6 Å². The Bertz CT molecular complexity index is 1130. The van der Waals surface area contributed by atoms with Gasteiger partial charge in [-0.25, -0.2) is 0 Å². The topological polar surface area (TPSA) is 72.3 Å². The van der Waals surface area contributed by atoms with Crippen LogP contribution in [0.2, 0.25) is 0 Å². The second kappa shape index (κ2) is 19.8. The summed E-state index contributed by atoms with van der Waals surface area (Å²) in [7, 11) is 4.05. The SMILES string of the molecule is CCC(CCCC1CCC2C3CC=C4CC(SSCCC(=O)N(CCCCCCCC(C)(C)N)CCC(C)(C)N)CCC4(C)C3CCC12C)C(C)C. The fourth-order valence-corrected chi connectivity index (χ4v) is 14.2. The van der Waals surface area contributed by atoms with Crippen molar-refractivity contribution in [1.82, 2.24) is 4.90 Å². The van der Waals surface area contributed by atoms with Crippen LogP contribution in [0, 0.1) is 46.3 Å². The summed E-state index contributed by atoms with van der Waals surface area (Å²) >= 11 is 0. The summed E-state index contributed by atoms with van der Waals surface area (Å²) in [6, 6.07) is 0. The summed E-state index contributed by atoms with van der Waals surface area (Å²) < 4.78 is 0. The molecule has 8 unspecified atom stereocenters. The molecule has 4 aliphatic carbocycles. The molecule has 0 saturated heterocycles. The summed E-state index contributed by atoms with van der Waals surface area (Å²) in [5.41, 5.74) is 15.0. The molecule has 0 spiro atoms. The molecule has 0 aliphatic heterocycles. The van der Waals surface area contributed by atoms with E-state index in [1.54, 1.807) is 5.57 Å². The van der Waals surface area contributed by atoms with Crippen molar-refractivity contribution in [1.29, 1.82) is 0 Å². The highest BCUT2D eigenvalue weighted by molar-refractivity contribution is 8.76. The predicted molar refractivity (Wildman–Crippen MR) is 232 cm³/mol. The number of rotatable bonds is 22. The first-order valence-electron chi connectivity index (χ1n) is 22.3. The summed E-state index contributed by atoms with van der Waals surface area (Å²) in [6.45, 7) is 22.7. The average molecular weight is 760 g/mol. The van der Waals surface area contributed by atoms with Crippen molar-refractivity contribution < 1.29 is 4.79 Å². The quantitative estimate of drug-likeness (QED) is 0.0653. The number of hydrogen-bond acceptors (Lipinski definition) is 5. The molecule has 1 amide bonds. The number of carbonyl (C=O) groups is 1. The van der Waals surface area contributed by atoms with E-state index in [2.05, 4.69) is 84.1 Å². The van der Waals surface area contributed by atoms with Crippen LogP contribution in [0.1, 0.15) is 191 Å². The molecule has 0 bridgehead atoms. The van der Waals surface area contributed by atoms with Crippen LogP contribution in [0.3, 0.4) is 0 Å². The molecule has 0 aromatic carbocycles. The van der Waals surface area contributed by atoms with Gasteiger partial charge in [-0.05, 0) is 151 Å². The highest BCUT2D eigenvalue weighted by Gasteiger charge is 2.58. The summed E-state index contributed by atoms with van der Waals surface area (Å²) in [5.74, 6) is 6.69. The molecule has 52 heavy (non-hydrogen) atoms. The molecule has 0 aromatic heterocycles. The molecule has 0 aromatic rings. The Morgan fingerprint density at radius 3 is 2.31 bits per heavy atom. The zero-order valence-corrected chi connectivity index (χ0v) is 37.3. The van der Waals surface area contributed by atoms with Crippen molar-refractivity contribution in [2.24, 2.45) is 57.8 Å². The Labute approximate surface area is 331 Å². The Kier molecular flexibility index (Phi) is 17.0. The molecule has 4 N–H and O–H groups in total. The zero-order chi connectivity index (χ0) is 38.2. The van der Waals surface area contributed by atoms with Gasteiger partial charge in [-0.3, -0.25) is 4.79 Å². The van der Waals surface area contributed by atoms with Gasteiger partial charge in [0.15, 0.2) is 0 Å². The van der Waals surface area contributed by atoms with Crippen molar-refractivity contribution in [3.63, 3.8) is 0 Å². The van der Waals surface area contributed by atoms with Gasteiger partial charge in [0.1, 0.15) is 0 Å². The molecule has 4 nitrogen and oxygen atoms in total. The van der Waals surface area contributed by atoms with Crippen LogP contribution in [0.5, 0.6) is 0 Å². The molecular formula is C46H85N3OS2. The molecule has 8 atom stereocenters. The van der Waals surface area contributed by atoms with E-state index >= 15 is 0 Å². The maximum atomic E-state index is 13.4. The fraction of sp³-hybridized carbons (Fsp3) is 0.935. The zero-order valence-electron chi connectivity index (χ0n) is 35.7. The molecule has 3 saturated carbocycles. The van der Waals surface area contributed by atoms with Gasteiger partial charge in [-0.2, -0.15) is 0 Å². The average Bonchev–Trinajstić information content (AvgIpc) is 3.40. The van der Waals surface area contributed by atoms with Gasteiger partial charge in [-0.1, -0.05) is 113 Å². The maximum Gasteiger partial charge on any atom is 0.223 e. The highest BCUT2D eigenvalue weighted by Crippen LogP contribution is 2.67. The Morgan fingerprint density at radius 2 is 1.62 bits per heavy atom. The lowest BCUT2D eigenvalue weighted by Gasteiger charge is -2.58. The maximum absolute atomic E-state index is 13.4. The Morgan fingerprint density at radius 1 is 0.904 bits per heavy atom. The second-order valence-electron chi connectivity index (χ2n) is 20.6. The monoisotopic (exact) mass is 760 g/mol. The van der Waals surface area contributed by atoms with E-state index in [0.29, 0.717) is 28.4 Å². The number of nitrogens with zero attached hydrogens (tertiary/aromatic N) is 1. The number of unbranched alkanes of at least 4 members (excludes halogenated alkanes) is 4. The van der Waals surface area contributed by atoms with Crippen LogP contribution >= 0.6 is 21.6 Å². The van der Waals surface area contributed by atoms with Crippen LogP contribution in [-0.2, 0) is 4.79 Å². The first-order valence-corrected chi connectivity index (χ1v) is 24.7. The first-order chi connectivity index (χ1) is 24.5. The minimum atomic E-state index is -0.246. The number of allylic oxidation sites excluding steroid dienone is 2. The van der Waals surface area contributed by atoms with E-state index in [1.165, 1.54) is 103 Å². The molecule has 302 valence electrons. The first kappa shape index (κ1) is 44.5. The van der Waals surface area contributed by atoms with E-state index in [4.69, 9.17) is 11.5 Å². The standard InChI is InChI=1S/C46H85N3OS2/c1-10-35(34(2)3)17-16-18-36-20-22-40-39-21-19-37-33-38(23-27-46(37,9)41(39)24-28-45(36,40)8)52-51-32-25-42(50)49(31-29-44(6,7)48)30-15-13-11-12-14-26-43(4,5)47/h19,34-36,38-41H,10-18,20-33,47-48H2,1-9H3. The molecule has 6 heteroatoms. The van der Waals surface area contributed by atoms with E-state index < -0.39 is 0 Å². The largest absolute Gasteiger partial charge is 0.343 e. The Hall–Kier alpha value is -0.170. The van der Waals surface area contributed by atoms with Gasteiger partial charge in [-0.15, -0.1) is 0 Å². The minimum absolute atomic E-state index is 0.0638. The van der Waals surface area contributed by atoms with Crippen LogP contribution in [-0.4, -0.2) is 46.0 Å². The molecule has 4 rings (SSSR count). The van der Waals surface area contributed by atoms with E-state index in [0.717, 1.165) is 73.6 Å². The van der Waals surface area contributed by atoms with Gasteiger partial charge in [0.05, 0.1) is 0 Å². The number of carbonyl (C=O) groups excluding carboxylic acids is 1. The Balaban J connectivity index is 1.21. The normalized spacial score (nSPS) is 31.2. The number of hydrogen-bond donors (Lipinski definition) is 2. The van der Waals surface area contributed by atoms with Gasteiger partial charge >= 0.3 is 0 Å². The van der Waals surface area contributed by atoms with Gasteiger partial charge < -0.3 is 16.4 Å². The lowest BCUT2D eigenvalue weighted by atomic mass is 9.47. The molecule has 0 heterocycles.